The number of hydrogen-bond donors (Lipinski definition) is 1. The second-order valence-electron chi connectivity index (χ2n) is 2.70. The van der Waals surface area contributed by atoms with Gasteiger partial charge in [-0.1, -0.05) is 5.09 Å². The highest BCUT2D eigenvalue weighted by atomic mass is 31.1. The van der Waals surface area contributed by atoms with Gasteiger partial charge in [-0.3, -0.25) is 0 Å². The Hall–Kier alpha value is 0.0200. The molecule has 0 radical (unpaired) electrons. The van der Waals surface area contributed by atoms with Gasteiger partial charge in [-0.05, 0) is 32.3 Å². The van der Waals surface area contributed by atoms with E-state index in [4.69, 9.17) is 4.52 Å². The Morgan fingerprint density at radius 2 is 1.80 bits per heavy atom. The maximum absolute atomic E-state index is 10.9. The summed E-state index contributed by atoms with van der Waals surface area (Å²) < 4.78 is 15.8. The second-order valence-corrected chi connectivity index (χ2v) is 3.68. The molecule has 0 heterocycles. The quantitative estimate of drug-likeness (QED) is 0.646. The molecule has 0 saturated carbocycles. The lowest BCUT2D eigenvalue weighted by atomic mass is 10.4. The van der Waals surface area contributed by atoms with E-state index in [1.165, 1.54) is 0 Å². The molecule has 3 nitrogen and oxygen atoms in total. The van der Waals surface area contributed by atoms with Crippen LogP contribution >= 0.6 is 8.18 Å². The van der Waals surface area contributed by atoms with Crippen molar-refractivity contribution in [2.45, 2.75) is 39.8 Å². The van der Waals surface area contributed by atoms with Crippen molar-refractivity contribution in [2.24, 2.45) is 0 Å². The average Bonchev–Trinajstić information content (AvgIpc) is 1.58. The Morgan fingerprint density at radius 3 is 2.10 bits per heavy atom. The van der Waals surface area contributed by atoms with Crippen LogP contribution in [0.3, 0.4) is 0 Å². The van der Waals surface area contributed by atoms with Crippen LogP contribution in [-0.4, -0.2) is 12.1 Å². The first kappa shape index (κ1) is 10.0. The van der Waals surface area contributed by atoms with E-state index in [1.54, 1.807) is 0 Å². The zero-order chi connectivity index (χ0) is 8.15. The highest BCUT2D eigenvalue weighted by molar-refractivity contribution is 7.36. The van der Waals surface area contributed by atoms with E-state index in [2.05, 4.69) is 5.09 Å². The van der Waals surface area contributed by atoms with Gasteiger partial charge in [0.15, 0.2) is 0 Å². The van der Waals surface area contributed by atoms with Crippen molar-refractivity contribution in [1.82, 2.24) is 5.09 Å². The van der Waals surface area contributed by atoms with Gasteiger partial charge >= 0.3 is 8.18 Å². The van der Waals surface area contributed by atoms with E-state index < -0.39 is 8.18 Å². The average molecular weight is 164 g/mol. The summed E-state index contributed by atoms with van der Waals surface area (Å²) in [5.41, 5.74) is 0. The summed E-state index contributed by atoms with van der Waals surface area (Å²) in [5, 5.41) is 2.76. The van der Waals surface area contributed by atoms with Crippen molar-refractivity contribution < 1.29 is 9.09 Å². The smallest absolute Gasteiger partial charge is 0.127 e. The third-order valence-corrected chi connectivity index (χ3v) is 2.01. The molecule has 10 heavy (non-hydrogen) atoms. The predicted molar refractivity (Wildman–Crippen MR) is 42.1 cm³/mol. The molecule has 0 fully saturated rings. The molecule has 0 aromatic carbocycles. The lowest BCUT2D eigenvalue weighted by Crippen LogP contribution is -2.16. The van der Waals surface area contributed by atoms with Gasteiger partial charge in [-0.25, -0.2) is 0 Å². The molecule has 1 unspecified atom stereocenters. The molecule has 0 bridgehead atoms. The van der Waals surface area contributed by atoms with Crippen LogP contribution in [0, 0.1) is 0 Å². The second kappa shape index (κ2) is 4.78. The third-order valence-electron chi connectivity index (χ3n) is 0.670. The van der Waals surface area contributed by atoms with Crippen LogP contribution in [0.2, 0.25) is 0 Å². The fraction of sp³-hybridized carbons (Fsp3) is 1.00. The fourth-order valence-corrected chi connectivity index (χ4v) is 1.30. The highest BCUT2D eigenvalue weighted by Crippen LogP contribution is 2.19. The number of nitrogens with one attached hydrogen (secondary N) is 1. The zero-order valence-corrected chi connectivity index (χ0v) is 7.81. The SMILES string of the molecule is CC(C)N[P+](=O)OC(C)C. The van der Waals surface area contributed by atoms with Gasteiger partial charge in [0.1, 0.15) is 6.10 Å². The largest absolute Gasteiger partial charge is 0.613 e. The summed E-state index contributed by atoms with van der Waals surface area (Å²) in [6, 6.07) is 0.211. The molecule has 0 spiro atoms. The minimum absolute atomic E-state index is 0.0230. The molecule has 0 aliphatic heterocycles. The van der Waals surface area contributed by atoms with Crippen LogP contribution in [0.5, 0.6) is 0 Å². The van der Waals surface area contributed by atoms with E-state index in [1.807, 2.05) is 27.7 Å². The Balaban J connectivity index is 3.44. The standard InChI is InChI=1S/C6H15NO2P/c1-5(2)7-10(8)9-6(3)4/h5-6H,1-4H3,(H,7,8)/q+1. The van der Waals surface area contributed by atoms with Crippen LogP contribution in [-0.2, 0) is 9.09 Å². The van der Waals surface area contributed by atoms with E-state index >= 15 is 0 Å². The maximum atomic E-state index is 10.9. The van der Waals surface area contributed by atoms with Crippen molar-refractivity contribution in [1.29, 1.82) is 0 Å². The van der Waals surface area contributed by atoms with Crippen molar-refractivity contribution >= 4 is 8.18 Å². The Morgan fingerprint density at radius 1 is 1.30 bits per heavy atom. The number of rotatable bonds is 4. The molecule has 0 aromatic rings. The molecule has 0 aliphatic carbocycles. The Kier molecular flexibility index (Phi) is 4.79. The minimum Gasteiger partial charge on any atom is -0.127 e. The van der Waals surface area contributed by atoms with Gasteiger partial charge in [-0.2, -0.15) is 0 Å². The summed E-state index contributed by atoms with van der Waals surface area (Å²) >= 11 is 0. The van der Waals surface area contributed by atoms with Gasteiger partial charge in [0.2, 0.25) is 0 Å². The summed E-state index contributed by atoms with van der Waals surface area (Å²) in [5.74, 6) is 0. The molecular weight excluding hydrogens is 149 g/mol. The Bertz CT molecular complexity index is 102. The lowest BCUT2D eigenvalue weighted by molar-refractivity contribution is 0.250. The van der Waals surface area contributed by atoms with Crippen LogP contribution < -0.4 is 5.09 Å². The van der Waals surface area contributed by atoms with E-state index in [0.717, 1.165) is 0 Å². The predicted octanol–water partition coefficient (Wildman–Crippen LogP) is 2.07. The fourth-order valence-electron chi connectivity index (χ4n) is 0.433. The first-order chi connectivity index (χ1) is 4.52. The van der Waals surface area contributed by atoms with Gasteiger partial charge in [-0.15, -0.1) is 4.52 Å². The normalized spacial score (nSPS) is 12.8. The molecule has 0 rings (SSSR count). The first-order valence-electron chi connectivity index (χ1n) is 3.42. The monoisotopic (exact) mass is 164 g/mol. The van der Waals surface area contributed by atoms with Crippen LogP contribution in [0.1, 0.15) is 27.7 Å². The minimum atomic E-state index is -1.66. The summed E-state index contributed by atoms with van der Waals surface area (Å²) in [4.78, 5) is 0. The van der Waals surface area contributed by atoms with E-state index in [9.17, 15) is 4.57 Å². The molecule has 0 saturated heterocycles. The molecule has 1 N–H and O–H groups in total. The van der Waals surface area contributed by atoms with Gasteiger partial charge in [0.05, 0.1) is 0 Å². The summed E-state index contributed by atoms with van der Waals surface area (Å²) in [7, 11) is -1.66. The molecule has 0 aliphatic rings. The lowest BCUT2D eigenvalue weighted by Gasteiger charge is -1.96. The van der Waals surface area contributed by atoms with Crippen molar-refractivity contribution in [3.63, 3.8) is 0 Å². The van der Waals surface area contributed by atoms with Gasteiger partial charge in [0.25, 0.3) is 0 Å². The molecular formula is C6H15NO2P+. The van der Waals surface area contributed by atoms with Crippen LogP contribution in [0.15, 0.2) is 0 Å². The van der Waals surface area contributed by atoms with Gasteiger partial charge in [0, 0.05) is 6.04 Å². The van der Waals surface area contributed by atoms with E-state index in [0.29, 0.717) is 0 Å². The summed E-state index contributed by atoms with van der Waals surface area (Å²) in [6.45, 7) is 7.57. The van der Waals surface area contributed by atoms with Crippen molar-refractivity contribution in [3.8, 4) is 0 Å². The van der Waals surface area contributed by atoms with E-state index in [-0.39, 0.29) is 12.1 Å². The van der Waals surface area contributed by atoms with Gasteiger partial charge < -0.3 is 0 Å². The molecule has 0 amide bonds. The molecule has 1 atom stereocenters. The van der Waals surface area contributed by atoms with Crippen molar-refractivity contribution in [2.75, 3.05) is 0 Å². The zero-order valence-electron chi connectivity index (χ0n) is 6.92. The van der Waals surface area contributed by atoms with Crippen LogP contribution in [0.4, 0.5) is 0 Å². The molecule has 4 heteroatoms. The molecule has 0 aromatic heterocycles. The molecule has 60 valence electrons. The van der Waals surface area contributed by atoms with Crippen LogP contribution in [0.25, 0.3) is 0 Å². The summed E-state index contributed by atoms with van der Waals surface area (Å²) in [6.07, 6.45) is 0.0230. The first-order valence-corrected chi connectivity index (χ1v) is 4.60. The van der Waals surface area contributed by atoms with Crippen molar-refractivity contribution in [3.05, 3.63) is 0 Å². The maximum Gasteiger partial charge on any atom is 0.613 e. The Labute approximate surface area is 63.1 Å². The highest BCUT2D eigenvalue weighted by Gasteiger charge is 2.20. The number of hydrogen-bond acceptors (Lipinski definition) is 2. The topological polar surface area (TPSA) is 38.3 Å². The third kappa shape index (κ3) is 6.14.